The molecule has 4 nitrogen and oxygen atoms in total. The first kappa shape index (κ1) is 14.0. The third-order valence-electron chi connectivity index (χ3n) is 3.12. The molecule has 1 heterocycles. The van der Waals surface area contributed by atoms with Gasteiger partial charge in [-0.05, 0) is 19.3 Å². The van der Waals surface area contributed by atoms with Crippen molar-refractivity contribution < 1.29 is 9.59 Å². The Morgan fingerprint density at radius 1 is 1.12 bits per heavy atom. The second kappa shape index (κ2) is 8.09. The van der Waals surface area contributed by atoms with Crippen molar-refractivity contribution in [1.29, 1.82) is 0 Å². The Labute approximate surface area is 104 Å². The molecule has 0 bridgehead atoms. The van der Waals surface area contributed by atoms with Gasteiger partial charge in [0.05, 0.1) is 0 Å². The highest BCUT2D eigenvalue weighted by atomic mass is 16.2. The van der Waals surface area contributed by atoms with Crippen molar-refractivity contribution in [2.75, 3.05) is 19.6 Å². The quantitative estimate of drug-likeness (QED) is 0.587. The molecule has 1 fully saturated rings. The van der Waals surface area contributed by atoms with E-state index >= 15 is 0 Å². The largest absolute Gasteiger partial charge is 0.356 e. The number of carbonyl (C=O) groups excluding carboxylic acids is 2. The molecular formula is C13H24N2O2. The summed E-state index contributed by atoms with van der Waals surface area (Å²) in [6, 6.07) is 0. The molecule has 0 spiro atoms. The third-order valence-corrected chi connectivity index (χ3v) is 3.12. The maximum absolute atomic E-state index is 11.9. The summed E-state index contributed by atoms with van der Waals surface area (Å²) in [5, 5.41) is 2.78. The van der Waals surface area contributed by atoms with Crippen LogP contribution in [-0.4, -0.2) is 36.3 Å². The minimum Gasteiger partial charge on any atom is -0.356 e. The fraction of sp³-hybridized carbons (Fsp3) is 0.846. The molecule has 0 aromatic heterocycles. The molecule has 0 atom stereocenters. The fourth-order valence-corrected chi connectivity index (χ4v) is 2.04. The predicted octanol–water partition coefficient (Wildman–Crippen LogP) is 1.70. The first-order valence-corrected chi connectivity index (χ1v) is 6.78. The number of nitrogens with zero attached hydrogens (tertiary/aromatic N) is 1. The number of nitrogens with one attached hydrogen (secondary N) is 1. The van der Waals surface area contributed by atoms with Gasteiger partial charge >= 0.3 is 0 Å². The van der Waals surface area contributed by atoms with Crippen LogP contribution >= 0.6 is 0 Å². The van der Waals surface area contributed by atoms with E-state index in [-0.39, 0.29) is 18.2 Å². The van der Waals surface area contributed by atoms with Crippen LogP contribution in [0.4, 0.5) is 0 Å². The smallest absolute Gasteiger partial charge is 0.232 e. The molecule has 4 heteroatoms. The van der Waals surface area contributed by atoms with Crippen molar-refractivity contribution in [2.45, 2.75) is 51.9 Å². The van der Waals surface area contributed by atoms with Gasteiger partial charge in [-0.15, -0.1) is 0 Å². The molecule has 1 N–H and O–H groups in total. The number of carbonyl (C=O) groups is 2. The minimum atomic E-state index is -0.132. The van der Waals surface area contributed by atoms with Gasteiger partial charge in [-0.3, -0.25) is 9.59 Å². The van der Waals surface area contributed by atoms with Crippen LogP contribution in [0.5, 0.6) is 0 Å². The van der Waals surface area contributed by atoms with Gasteiger partial charge < -0.3 is 10.2 Å². The van der Waals surface area contributed by atoms with Crippen LogP contribution < -0.4 is 5.32 Å². The normalized spacial score (nSPS) is 16.4. The number of rotatable bonds is 5. The molecule has 0 aromatic rings. The van der Waals surface area contributed by atoms with Crippen LogP contribution in [0, 0.1) is 0 Å². The lowest BCUT2D eigenvalue weighted by molar-refractivity contribution is -0.136. The first-order valence-electron chi connectivity index (χ1n) is 6.78. The summed E-state index contributed by atoms with van der Waals surface area (Å²) in [7, 11) is 0. The highest BCUT2D eigenvalue weighted by Crippen LogP contribution is 2.10. The number of unbranched alkanes of at least 4 members (excludes halogenated alkanes) is 1. The van der Waals surface area contributed by atoms with Crippen molar-refractivity contribution >= 4 is 11.8 Å². The van der Waals surface area contributed by atoms with Crippen LogP contribution in [0.1, 0.15) is 51.9 Å². The van der Waals surface area contributed by atoms with Gasteiger partial charge in [0.2, 0.25) is 11.8 Å². The second-order valence-electron chi connectivity index (χ2n) is 4.68. The van der Waals surface area contributed by atoms with Crippen molar-refractivity contribution in [2.24, 2.45) is 0 Å². The number of hydrogen-bond donors (Lipinski definition) is 1. The summed E-state index contributed by atoms with van der Waals surface area (Å²) in [5.74, 6) is -0.145. The molecule has 98 valence electrons. The summed E-state index contributed by atoms with van der Waals surface area (Å²) in [6.45, 7) is 4.40. The summed E-state index contributed by atoms with van der Waals surface area (Å²) >= 11 is 0. The number of likely N-dealkylation sites (tertiary alicyclic amines) is 1. The van der Waals surface area contributed by atoms with Gasteiger partial charge in [0.25, 0.3) is 0 Å². The van der Waals surface area contributed by atoms with E-state index in [0.29, 0.717) is 6.54 Å². The maximum Gasteiger partial charge on any atom is 0.232 e. The van der Waals surface area contributed by atoms with Gasteiger partial charge in [0, 0.05) is 19.6 Å². The lowest BCUT2D eigenvalue weighted by Crippen LogP contribution is -2.36. The van der Waals surface area contributed by atoms with Crippen molar-refractivity contribution in [3.05, 3.63) is 0 Å². The van der Waals surface area contributed by atoms with Gasteiger partial charge in [-0.1, -0.05) is 26.2 Å². The molecule has 1 rings (SSSR count). The standard InChI is InChI=1S/C13H24N2O2/c1-2-3-8-14-12(16)11-13(17)15-9-6-4-5-7-10-15/h2-11H2,1H3,(H,14,16). The fourth-order valence-electron chi connectivity index (χ4n) is 2.04. The second-order valence-corrected chi connectivity index (χ2v) is 4.68. The zero-order chi connectivity index (χ0) is 12.5. The highest BCUT2D eigenvalue weighted by Gasteiger charge is 2.17. The Morgan fingerprint density at radius 2 is 1.76 bits per heavy atom. The van der Waals surface area contributed by atoms with Crippen molar-refractivity contribution in [3.63, 3.8) is 0 Å². The van der Waals surface area contributed by atoms with E-state index in [4.69, 9.17) is 0 Å². The monoisotopic (exact) mass is 240 g/mol. The summed E-state index contributed by atoms with van der Waals surface area (Å²) in [4.78, 5) is 25.2. The Bertz CT molecular complexity index is 246. The van der Waals surface area contributed by atoms with Crippen LogP contribution in [0.15, 0.2) is 0 Å². The van der Waals surface area contributed by atoms with Gasteiger partial charge in [-0.25, -0.2) is 0 Å². The average molecular weight is 240 g/mol. The Morgan fingerprint density at radius 3 is 2.35 bits per heavy atom. The summed E-state index contributed by atoms with van der Waals surface area (Å²) in [5.41, 5.74) is 0. The molecule has 17 heavy (non-hydrogen) atoms. The van der Waals surface area contributed by atoms with Crippen LogP contribution in [-0.2, 0) is 9.59 Å². The van der Waals surface area contributed by atoms with E-state index in [9.17, 15) is 9.59 Å². The third kappa shape index (κ3) is 5.71. The van der Waals surface area contributed by atoms with Crippen LogP contribution in [0.2, 0.25) is 0 Å². The van der Waals surface area contributed by atoms with Crippen LogP contribution in [0.25, 0.3) is 0 Å². The predicted molar refractivity (Wildman–Crippen MR) is 67.6 cm³/mol. The molecule has 1 aliphatic heterocycles. The summed E-state index contributed by atoms with van der Waals surface area (Å²) in [6.07, 6.45) is 6.60. The average Bonchev–Trinajstić information content (AvgIpc) is 2.57. The highest BCUT2D eigenvalue weighted by molar-refractivity contribution is 5.96. The Balaban J connectivity index is 2.24. The molecule has 0 aromatic carbocycles. The molecular weight excluding hydrogens is 216 g/mol. The van der Waals surface area contributed by atoms with Crippen LogP contribution in [0.3, 0.4) is 0 Å². The van der Waals surface area contributed by atoms with E-state index in [2.05, 4.69) is 12.2 Å². The lowest BCUT2D eigenvalue weighted by atomic mass is 10.2. The molecule has 0 radical (unpaired) electrons. The van der Waals surface area contributed by atoms with E-state index in [1.54, 1.807) is 0 Å². The van der Waals surface area contributed by atoms with Gasteiger partial charge in [0.1, 0.15) is 6.42 Å². The van der Waals surface area contributed by atoms with E-state index in [1.807, 2.05) is 4.90 Å². The Hall–Kier alpha value is -1.06. The van der Waals surface area contributed by atoms with E-state index < -0.39 is 0 Å². The minimum absolute atomic E-state index is 0.0131. The Kier molecular flexibility index (Phi) is 6.67. The van der Waals surface area contributed by atoms with E-state index in [0.717, 1.165) is 38.8 Å². The molecule has 1 aliphatic rings. The summed E-state index contributed by atoms with van der Waals surface area (Å²) < 4.78 is 0. The molecule has 0 saturated carbocycles. The SMILES string of the molecule is CCCCNC(=O)CC(=O)N1CCCCCC1. The maximum atomic E-state index is 11.9. The molecule has 2 amide bonds. The van der Waals surface area contributed by atoms with Crippen molar-refractivity contribution in [3.8, 4) is 0 Å². The number of hydrogen-bond acceptors (Lipinski definition) is 2. The zero-order valence-corrected chi connectivity index (χ0v) is 10.8. The topological polar surface area (TPSA) is 49.4 Å². The van der Waals surface area contributed by atoms with Gasteiger partial charge in [-0.2, -0.15) is 0 Å². The number of amides is 2. The first-order chi connectivity index (χ1) is 8.24. The van der Waals surface area contributed by atoms with E-state index in [1.165, 1.54) is 12.8 Å². The van der Waals surface area contributed by atoms with Crippen molar-refractivity contribution in [1.82, 2.24) is 10.2 Å². The molecule has 1 saturated heterocycles. The zero-order valence-electron chi connectivity index (χ0n) is 10.8. The molecule has 0 aliphatic carbocycles. The lowest BCUT2D eigenvalue weighted by Gasteiger charge is -2.19. The molecule has 0 unspecified atom stereocenters. The van der Waals surface area contributed by atoms with Gasteiger partial charge in [0.15, 0.2) is 0 Å².